The van der Waals surface area contributed by atoms with Crippen molar-refractivity contribution in [3.05, 3.63) is 35.6 Å². The summed E-state index contributed by atoms with van der Waals surface area (Å²) in [6, 6.07) is 4.57. The van der Waals surface area contributed by atoms with Crippen molar-refractivity contribution >= 4 is 5.97 Å². The highest BCUT2D eigenvalue weighted by Gasteiger charge is 2.39. The second-order valence-corrected chi connectivity index (χ2v) is 10.6. The Bertz CT molecular complexity index is 757. The summed E-state index contributed by atoms with van der Waals surface area (Å²) >= 11 is 0. The van der Waals surface area contributed by atoms with E-state index in [1.165, 1.54) is 25.0 Å². The Morgan fingerprint density at radius 1 is 1.00 bits per heavy atom. The van der Waals surface area contributed by atoms with E-state index in [0.29, 0.717) is 30.1 Å². The molecule has 1 aliphatic heterocycles. The fourth-order valence-electron chi connectivity index (χ4n) is 5.90. The molecular formula is C26H36F3NO2. The van der Waals surface area contributed by atoms with Gasteiger partial charge in [0.1, 0.15) is 5.82 Å². The number of hydrogen-bond acceptors (Lipinski definition) is 2. The minimum Gasteiger partial charge on any atom is -0.481 e. The van der Waals surface area contributed by atoms with Crippen LogP contribution in [0.3, 0.4) is 0 Å². The van der Waals surface area contributed by atoms with Gasteiger partial charge in [-0.05, 0) is 93.8 Å². The molecule has 1 saturated heterocycles. The number of piperidine rings is 1. The van der Waals surface area contributed by atoms with Gasteiger partial charge in [0.15, 0.2) is 0 Å². The fraction of sp³-hybridized carbons (Fsp3) is 0.731. The van der Waals surface area contributed by atoms with Crippen molar-refractivity contribution in [1.82, 2.24) is 4.90 Å². The highest BCUT2D eigenvalue weighted by atomic mass is 19.3. The van der Waals surface area contributed by atoms with Gasteiger partial charge in [0.2, 0.25) is 0 Å². The molecule has 0 aromatic heterocycles. The second kappa shape index (κ2) is 10.1. The SMILES string of the molecule is O=C(O)C(CC1CC1)C1CCC(CN2CCC(CCC(F)(F)c3ccc(F)cc3)CC2)C1. The van der Waals surface area contributed by atoms with Crippen molar-refractivity contribution < 1.29 is 23.1 Å². The van der Waals surface area contributed by atoms with Gasteiger partial charge in [0, 0.05) is 18.5 Å². The minimum atomic E-state index is -2.91. The van der Waals surface area contributed by atoms with E-state index in [1.54, 1.807) is 0 Å². The van der Waals surface area contributed by atoms with Crippen LogP contribution in [0.15, 0.2) is 24.3 Å². The summed E-state index contributed by atoms with van der Waals surface area (Å²) in [4.78, 5) is 14.2. The Morgan fingerprint density at radius 3 is 2.28 bits per heavy atom. The topological polar surface area (TPSA) is 40.5 Å². The van der Waals surface area contributed by atoms with Crippen LogP contribution >= 0.6 is 0 Å². The summed E-state index contributed by atoms with van der Waals surface area (Å²) in [5.41, 5.74) is -0.103. The largest absolute Gasteiger partial charge is 0.481 e. The van der Waals surface area contributed by atoms with Crippen LogP contribution in [0.4, 0.5) is 13.2 Å². The van der Waals surface area contributed by atoms with E-state index in [4.69, 9.17) is 0 Å². The summed E-state index contributed by atoms with van der Waals surface area (Å²) in [6.45, 7) is 2.90. The first-order valence-electron chi connectivity index (χ1n) is 12.4. The molecule has 4 rings (SSSR count). The van der Waals surface area contributed by atoms with E-state index in [9.17, 15) is 23.1 Å². The second-order valence-electron chi connectivity index (χ2n) is 10.6. The van der Waals surface area contributed by atoms with Crippen LogP contribution in [0.2, 0.25) is 0 Å². The number of hydrogen-bond donors (Lipinski definition) is 1. The van der Waals surface area contributed by atoms with Crippen molar-refractivity contribution in [2.45, 2.75) is 70.1 Å². The standard InChI is InChI=1S/C26H36F3NO2/c27-23-7-5-22(6-8-23)26(28,29)12-9-18-10-13-30(14-11-18)17-20-3-4-21(15-20)24(25(31)32)16-19-1-2-19/h5-8,18-21,24H,1-4,9-17H2,(H,31,32). The maximum absolute atomic E-state index is 14.5. The van der Waals surface area contributed by atoms with E-state index in [2.05, 4.69) is 4.90 Å². The highest BCUT2D eigenvalue weighted by Crippen LogP contribution is 2.44. The van der Waals surface area contributed by atoms with Crippen molar-refractivity contribution in [1.29, 1.82) is 0 Å². The number of carboxylic acids is 1. The van der Waals surface area contributed by atoms with Gasteiger partial charge in [-0.25, -0.2) is 13.2 Å². The van der Waals surface area contributed by atoms with Gasteiger partial charge >= 0.3 is 5.97 Å². The predicted octanol–water partition coefficient (Wildman–Crippen LogP) is 6.33. The third kappa shape index (κ3) is 6.27. The van der Waals surface area contributed by atoms with E-state index >= 15 is 0 Å². The monoisotopic (exact) mass is 451 g/mol. The molecule has 3 nitrogen and oxygen atoms in total. The molecule has 32 heavy (non-hydrogen) atoms. The number of halogens is 3. The number of likely N-dealkylation sites (tertiary alicyclic amines) is 1. The lowest BCUT2D eigenvalue weighted by Gasteiger charge is -2.34. The molecular weight excluding hydrogens is 415 g/mol. The molecule has 6 heteroatoms. The third-order valence-corrected chi connectivity index (χ3v) is 8.11. The average Bonchev–Trinajstić information content (AvgIpc) is 3.48. The lowest BCUT2D eigenvalue weighted by Crippen LogP contribution is -2.37. The summed E-state index contributed by atoms with van der Waals surface area (Å²) in [5.74, 6) is -2.34. The van der Waals surface area contributed by atoms with Crippen LogP contribution in [-0.2, 0) is 10.7 Å². The van der Waals surface area contributed by atoms with E-state index in [0.717, 1.165) is 70.3 Å². The molecule has 1 heterocycles. The number of alkyl halides is 2. The molecule has 3 aliphatic rings. The van der Waals surface area contributed by atoms with Crippen LogP contribution in [0.25, 0.3) is 0 Å². The summed E-state index contributed by atoms with van der Waals surface area (Å²) < 4.78 is 41.9. The van der Waals surface area contributed by atoms with Crippen molar-refractivity contribution in [3.8, 4) is 0 Å². The minimum absolute atomic E-state index is 0.103. The molecule has 2 aliphatic carbocycles. The van der Waals surface area contributed by atoms with Gasteiger partial charge in [0.05, 0.1) is 5.92 Å². The quantitative estimate of drug-likeness (QED) is 0.452. The third-order valence-electron chi connectivity index (χ3n) is 8.11. The first kappa shape index (κ1) is 23.6. The zero-order valence-corrected chi connectivity index (χ0v) is 18.8. The first-order valence-corrected chi connectivity index (χ1v) is 12.4. The number of benzene rings is 1. The van der Waals surface area contributed by atoms with Crippen LogP contribution in [0, 0.1) is 35.4 Å². The highest BCUT2D eigenvalue weighted by molar-refractivity contribution is 5.70. The Hall–Kier alpha value is -1.56. The van der Waals surface area contributed by atoms with Gasteiger partial charge in [0.25, 0.3) is 5.92 Å². The molecule has 1 N–H and O–H groups in total. The molecule has 3 fully saturated rings. The van der Waals surface area contributed by atoms with Crippen LogP contribution in [0.1, 0.15) is 69.8 Å². The number of nitrogens with zero attached hydrogens (tertiary/aromatic N) is 1. The van der Waals surface area contributed by atoms with Gasteiger partial charge < -0.3 is 10.0 Å². The van der Waals surface area contributed by atoms with Crippen molar-refractivity contribution in [3.63, 3.8) is 0 Å². The summed E-state index contributed by atoms with van der Waals surface area (Å²) in [7, 11) is 0. The number of carbonyl (C=O) groups is 1. The summed E-state index contributed by atoms with van der Waals surface area (Å²) in [5, 5.41) is 9.66. The van der Waals surface area contributed by atoms with Crippen LogP contribution in [0.5, 0.6) is 0 Å². The van der Waals surface area contributed by atoms with Crippen molar-refractivity contribution in [2.24, 2.45) is 29.6 Å². The lowest BCUT2D eigenvalue weighted by atomic mass is 9.85. The molecule has 3 atom stereocenters. The summed E-state index contributed by atoms with van der Waals surface area (Å²) in [6.07, 6.45) is 8.61. The van der Waals surface area contributed by atoms with Gasteiger partial charge in [-0.3, -0.25) is 4.79 Å². The molecule has 1 aromatic carbocycles. The van der Waals surface area contributed by atoms with Gasteiger partial charge in [-0.1, -0.05) is 25.0 Å². The molecule has 3 unspecified atom stereocenters. The van der Waals surface area contributed by atoms with Crippen LogP contribution in [-0.4, -0.2) is 35.6 Å². The van der Waals surface area contributed by atoms with Crippen molar-refractivity contribution in [2.75, 3.05) is 19.6 Å². The Balaban J connectivity index is 1.17. The smallest absolute Gasteiger partial charge is 0.306 e. The normalized spacial score (nSPS) is 26.3. The predicted molar refractivity (Wildman–Crippen MR) is 118 cm³/mol. The Kier molecular flexibility index (Phi) is 7.48. The Labute approximate surface area is 189 Å². The molecule has 0 bridgehead atoms. The first-order chi connectivity index (χ1) is 15.3. The fourth-order valence-corrected chi connectivity index (χ4v) is 5.90. The average molecular weight is 452 g/mol. The Morgan fingerprint density at radius 2 is 1.66 bits per heavy atom. The van der Waals surface area contributed by atoms with Gasteiger partial charge in [-0.2, -0.15) is 0 Å². The molecule has 0 spiro atoms. The maximum atomic E-state index is 14.5. The van der Waals surface area contributed by atoms with Gasteiger partial charge in [-0.15, -0.1) is 0 Å². The molecule has 2 saturated carbocycles. The number of aliphatic carboxylic acids is 1. The van der Waals surface area contributed by atoms with Crippen LogP contribution < -0.4 is 0 Å². The molecule has 178 valence electrons. The van der Waals surface area contributed by atoms with E-state index in [-0.39, 0.29) is 17.9 Å². The maximum Gasteiger partial charge on any atom is 0.306 e. The van der Waals surface area contributed by atoms with E-state index in [1.807, 2.05) is 0 Å². The number of rotatable bonds is 10. The zero-order valence-electron chi connectivity index (χ0n) is 18.8. The lowest BCUT2D eigenvalue weighted by molar-refractivity contribution is -0.144. The molecule has 1 aromatic rings. The van der Waals surface area contributed by atoms with E-state index < -0.39 is 17.7 Å². The molecule has 0 radical (unpaired) electrons. The number of carboxylic acid groups (broad SMARTS) is 1. The molecule has 0 amide bonds. The zero-order chi connectivity index (χ0) is 22.7.